The van der Waals surface area contributed by atoms with Gasteiger partial charge in [0.15, 0.2) is 0 Å². The molecule has 0 bridgehead atoms. The first-order valence-electron chi connectivity index (χ1n) is 9.53. The van der Waals surface area contributed by atoms with E-state index >= 15 is 0 Å². The van der Waals surface area contributed by atoms with E-state index in [1.54, 1.807) is 12.1 Å². The molecular weight excluding hydrogens is 403 g/mol. The molecule has 0 N–H and O–H groups in total. The fourth-order valence-electron chi connectivity index (χ4n) is 3.44. The Morgan fingerprint density at radius 2 is 1.59 bits per heavy atom. The van der Waals surface area contributed by atoms with Crippen LogP contribution in [-0.2, 0) is 20.5 Å². The molecule has 0 radical (unpaired) electrons. The Hall–Kier alpha value is -2.06. The molecule has 1 heterocycles. The first kappa shape index (κ1) is 21.6. The lowest BCUT2D eigenvalue weighted by molar-refractivity contribution is -0.137. The average molecular weight is 427 g/mol. The van der Waals surface area contributed by atoms with Crippen LogP contribution >= 0.6 is 0 Å². The molecular formula is C21H24F3NO3S. The van der Waals surface area contributed by atoms with Crippen LogP contribution in [0.3, 0.4) is 0 Å². The maximum Gasteiger partial charge on any atom is 0.416 e. The molecule has 0 saturated carbocycles. The molecule has 0 atom stereocenters. The SMILES string of the molecule is Cc1ccc(S(=O)(=O)OCCC2CCN(c3ccc(C(F)(F)F)cc3)CC2)cc1. The van der Waals surface area contributed by atoms with Crippen molar-refractivity contribution in [1.29, 1.82) is 0 Å². The maximum absolute atomic E-state index is 12.7. The molecule has 8 heteroatoms. The minimum absolute atomic E-state index is 0.126. The van der Waals surface area contributed by atoms with Crippen molar-refractivity contribution < 1.29 is 25.8 Å². The molecule has 0 spiro atoms. The van der Waals surface area contributed by atoms with Crippen molar-refractivity contribution in [3.05, 3.63) is 59.7 Å². The number of hydrogen-bond acceptors (Lipinski definition) is 4. The number of alkyl halides is 3. The number of hydrogen-bond donors (Lipinski definition) is 0. The first-order valence-corrected chi connectivity index (χ1v) is 10.9. The Balaban J connectivity index is 1.46. The van der Waals surface area contributed by atoms with Gasteiger partial charge < -0.3 is 4.90 Å². The van der Waals surface area contributed by atoms with E-state index in [4.69, 9.17) is 4.18 Å². The first-order chi connectivity index (χ1) is 13.6. The second-order valence-corrected chi connectivity index (χ2v) is 8.97. The Bertz CT molecular complexity index is 902. The summed E-state index contributed by atoms with van der Waals surface area (Å²) in [5.41, 5.74) is 1.10. The summed E-state index contributed by atoms with van der Waals surface area (Å²) < 4.78 is 67.6. The van der Waals surface area contributed by atoms with Crippen molar-refractivity contribution in [3.63, 3.8) is 0 Å². The van der Waals surface area contributed by atoms with Gasteiger partial charge in [-0.15, -0.1) is 0 Å². The predicted octanol–water partition coefficient (Wildman–Crippen LogP) is 5.03. The van der Waals surface area contributed by atoms with Crippen molar-refractivity contribution in [2.24, 2.45) is 5.92 Å². The standard InChI is InChI=1S/C21H24F3NO3S/c1-16-2-8-20(9-3-16)29(26,27)28-15-12-17-10-13-25(14-11-17)19-6-4-18(5-7-19)21(22,23)24/h2-9,17H,10-15H2,1H3. The molecule has 2 aromatic carbocycles. The normalized spacial score (nSPS) is 16.2. The van der Waals surface area contributed by atoms with Crippen molar-refractivity contribution >= 4 is 15.8 Å². The van der Waals surface area contributed by atoms with Gasteiger partial charge in [0.05, 0.1) is 17.1 Å². The molecule has 1 aliphatic rings. The fourth-order valence-corrected chi connectivity index (χ4v) is 4.36. The molecule has 2 aromatic rings. The fraction of sp³-hybridized carbons (Fsp3) is 0.429. The highest BCUT2D eigenvalue weighted by molar-refractivity contribution is 7.86. The van der Waals surface area contributed by atoms with Crippen LogP contribution in [0.1, 0.15) is 30.4 Å². The lowest BCUT2D eigenvalue weighted by atomic mass is 9.93. The van der Waals surface area contributed by atoms with Crippen LogP contribution in [0.15, 0.2) is 53.4 Å². The Kier molecular flexibility index (Phi) is 6.53. The summed E-state index contributed by atoms with van der Waals surface area (Å²) in [6.45, 7) is 3.46. The van der Waals surface area contributed by atoms with E-state index < -0.39 is 21.9 Å². The van der Waals surface area contributed by atoms with Gasteiger partial charge in [-0.3, -0.25) is 4.18 Å². The van der Waals surface area contributed by atoms with Crippen molar-refractivity contribution in [3.8, 4) is 0 Å². The molecule has 1 fully saturated rings. The molecule has 0 unspecified atom stereocenters. The number of benzene rings is 2. The van der Waals surface area contributed by atoms with E-state index in [0.29, 0.717) is 12.3 Å². The maximum atomic E-state index is 12.7. The Morgan fingerprint density at radius 1 is 1.00 bits per heavy atom. The quantitative estimate of drug-likeness (QED) is 0.607. The second-order valence-electron chi connectivity index (χ2n) is 7.35. The minimum Gasteiger partial charge on any atom is -0.372 e. The van der Waals surface area contributed by atoms with Crippen molar-refractivity contribution in [2.75, 3.05) is 24.6 Å². The minimum atomic E-state index is -4.33. The monoisotopic (exact) mass is 427 g/mol. The van der Waals surface area contributed by atoms with Crippen molar-refractivity contribution in [1.82, 2.24) is 0 Å². The van der Waals surface area contributed by atoms with E-state index in [2.05, 4.69) is 4.90 Å². The summed E-state index contributed by atoms with van der Waals surface area (Å²) in [6, 6.07) is 11.7. The zero-order valence-electron chi connectivity index (χ0n) is 16.2. The molecule has 0 aliphatic carbocycles. The van der Waals surface area contributed by atoms with Crippen LogP contribution in [0.4, 0.5) is 18.9 Å². The molecule has 0 amide bonds. The highest BCUT2D eigenvalue weighted by atomic mass is 32.2. The lowest BCUT2D eigenvalue weighted by Gasteiger charge is -2.33. The number of nitrogens with zero attached hydrogens (tertiary/aromatic N) is 1. The number of aryl methyl sites for hydroxylation is 1. The van der Waals surface area contributed by atoms with Gasteiger partial charge in [-0.1, -0.05) is 17.7 Å². The van der Waals surface area contributed by atoms with E-state index in [1.807, 2.05) is 6.92 Å². The van der Waals surface area contributed by atoms with Crippen LogP contribution in [0.5, 0.6) is 0 Å². The molecule has 4 nitrogen and oxygen atoms in total. The van der Waals surface area contributed by atoms with E-state index in [9.17, 15) is 21.6 Å². The summed E-state index contributed by atoms with van der Waals surface area (Å²) in [5, 5.41) is 0. The summed E-state index contributed by atoms with van der Waals surface area (Å²) >= 11 is 0. The smallest absolute Gasteiger partial charge is 0.372 e. The van der Waals surface area contributed by atoms with E-state index in [-0.39, 0.29) is 11.5 Å². The summed E-state index contributed by atoms with van der Waals surface area (Å²) in [4.78, 5) is 2.21. The molecule has 1 saturated heterocycles. The third-order valence-corrected chi connectivity index (χ3v) is 6.58. The van der Waals surface area contributed by atoms with Gasteiger partial charge in [-0.2, -0.15) is 21.6 Å². The zero-order valence-corrected chi connectivity index (χ0v) is 17.0. The van der Waals surface area contributed by atoms with Gasteiger partial charge in [-0.25, -0.2) is 0 Å². The molecule has 29 heavy (non-hydrogen) atoms. The van der Waals surface area contributed by atoms with Gasteiger partial charge in [0.2, 0.25) is 0 Å². The van der Waals surface area contributed by atoms with Gasteiger partial charge in [0, 0.05) is 18.8 Å². The summed E-state index contributed by atoms with van der Waals surface area (Å²) in [5.74, 6) is 0.328. The van der Waals surface area contributed by atoms with Gasteiger partial charge in [0.25, 0.3) is 10.1 Å². The lowest BCUT2D eigenvalue weighted by Crippen LogP contribution is -2.34. The van der Waals surface area contributed by atoms with Gasteiger partial charge in [-0.05, 0) is 68.5 Å². The highest BCUT2D eigenvalue weighted by Gasteiger charge is 2.30. The largest absolute Gasteiger partial charge is 0.416 e. The Labute approximate surface area is 169 Å². The topological polar surface area (TPSA) is 46.6 Å². The van der Waals surface area contributed by atoms with E-state index in [0.717, 1.165) is 49.3 Å². The number of anilines is 1. The number of rotatable bonds is 6. The number of halogens is 3. The molecule has 3 rings (SSSR count). The third-order valence-electron chi connectivity index (χ3n) is 5.25. The van der Waals surface area contributed by atoms with Crippen molar-refractivity contribution in [2.45, 2.75) is 37.3 Å². The van der Waals surface area contributed by atoms with Crippen LogP contribution in [0.25, 0.3) is 0 Å². The molecule has 0 aromatic heterocycles. The van der Waals surface area contributed by atoms with E-state index in [1.165, 1.54) is 24.3 Å². The van der Waals surface area contributed by atoms with Crippen LogP contribution in [-0.4, -0.2) is 28.1 Å². The molecule has 1 aliphatic heterocycles. The van der Waals surface area contributed by atoms with Crippen LogP contribution < -0.4 is 4.90 Å². The zero-order chi connectivity index (χ0) is 21.1. The highest BCUT2D eigenvalue weighted by Crippen LogP contribution is 2.32. The van der Waals surface area contributed by atoms with Gasteiger partial charge in [0.1, 0.15) is 0 Å². The number of piperidine rings is 1. The van der Waals surface area contributed by atoms with Crippen LogP contribution in [0, 0.1) is 12.8 Å². The predicted molar refractivity (Wildman–Crippen MR) is 105 cm³/mol. The summed E-state index contributed by atoms with van der Waals surface area (Å²) in [6.07, 6.45) is -2.01. The Morgan fingerprint density at radius 3 is 2.14 bits per heavy atom. The van der Waals surface area contributed by atoms with Gasteiger partial charge >= 0.3 is 6.18 Å². The third kappa shape index (κ3) is 5.73. The second kappa shape index (κ2) is 8.75. The molecule has 158 valence electrons. The van der Waals surface area contributed by atoms with Crippen LogP contribution in [0.2, 0.25) is 0 Å². The average Bonchev–Trinajstić information content (AvgIpc) is 2.68. The summed E-state index contributed by atoms with van der Waals surface area (Å²) in [7, 11) is -3.75.